The van der Waals surface area contributed by atoms with Crippen molar-refractivity contribution in [2.45, 2.75) is 244 Å². The molecule has 0 heterocycles. The second-order valence-electron chi connectivity index (χ2n) is 15.3. The number of aliphatic hydroxyl groups excluding tert-OH is 1. The Labute approximate surface area is 316 Å². The SMILES string of the molecule is CCCCCCCCCCCCCCCCCCCC(O)C(COP(=O)(O)OCCN)NC(=O)CCCCCCCCCCCCCCCCC. The summed E-state index contributed by atoms with van der Waals surface area (Å²) in [6.07, 6.45) is 41.0. The van der Waals surface area contributed by atoms with Gasteiger partial charge in [0.05, 0.1) is 25.4 Å². The van der Waals surface area contributed by atoms with E-state index in [0.717, 1.165) is 38.5 Å². The molecule has 0 spiro atoms. The third-order valence-corrected chi connectivity index (χ3v) is 11.2. The van der Waals surface area contributed by atoms with Crippen LogP contribution < -0.4 is 11.1 Å². The van der Waals surface area contributed by atoms with Crippen LogP contribution in [0, 0.1) is 0 Å². The van der Waals surface area contributed by atoms with Crippen LogP contribution in [0.2, 0.25) is 0 Å². The van der Waals surface area contributed by atoms with Gasteiger partial charge in [0.15, 0.2) is 0 Å². The van der Waals surface area contributed by atoms with Crippen molar-refractivity contribution in [3.05, 3.63) is 0 Å². The molecular formula is C42H87N2O6P. The summed E-state index contributed by atoms with van der Waals surface area (Å²) < 4.78 is 22.2. The van der Waals surface area contributed by atoms with Crippen LogP contribution in [0.15, 0.2) is 0 Å². The van der Waals surface area contributed by atoms with Gasteiger partial charge in [-0.05, 0) is 12.8 Å². The lowest BCUT2D eigenvalue weighted by Crippen LogP contribution is -2.46. The van der Waals surface area contributed by atoms with E-state index < -0.39 is 20.0 Å². The van der Waals surface area contributed by atoms with Gasteiger partial charge in [-0.3, -0.25) is 13.8 Å². The van der Waals surface area contributed by atoms with Crippen molar-refractivity contribution in [1.29, 1.82) is 0 Å². The van der Waals surface area contributed by atoms with Crippen LogP contribution in [-0.4, -0.2) is 47.8 Å². The molecule has 0 bridgehead atoms. The van der Waals surface area contributed by atoms with Crippen molar-refractivity contribution in [3.8, 4) is 0 Å². The molecule has 0 aromatic rings. The van der Waals surface area contributed by atoms with Crippen LogP contribution in [0.25, 0.3) is 0 Å². The number of rotatable bonds is 42. The van der Waals surface area contributed by atoms with Gasteiger partial charge < -0.3 is 21.1 Å². The predicted molar refractivity (Wildman–Crippen MR) is 217 cm³/mol. The first-order chi connectivity index (χ1) is 24.9. The van der Waals surface area contributed by atoms with Gasteiger partial charge in [-0.2, -0.15) is 0 Å². The Balaban J connectivity index is 4.11. The molecule has 3 unspecified atom stereocenters. The normalized spacial score (nSPS) is 14.1. The highest BCUT2D eigenvalue weighted by Gasteiger charge is 2.27. The molecule has 0 radical (unpaired) electrons. The fourth-order valence-electron chi connectivity index (χ4n) is 6.84. The first-order valence-electron chi connectivity index (χ1n) is 22.2. The number of hydrogen-bond donors (Lipinski definition) is 4. The zero-order valence-corrected chi connectivity index (χ0v) is 34.8. The van der Waals surface area contributed by atoms with E-state index in [1.165, 1.54) is 167 Å². The number of phosphoric acid groups is 1. The summed E-state index contributed by atoms with van der Waals surface area (Å²) in [5.74, 6) is -0.157. The molecule has 51 heavy (non-hydrogen) atoms. The summed E-state index contributed by atoms with van der Waals surface area (Å²) in [6.45, 7) is 4.24. The standard InChI is InChI=1S/C42H87N2O6P/c1-3-5-7-9-11-13-15-17-19-20-22-23-25-27-29-31-33-35-41(45)40(39-50-51(47,48)49-38-37-43)44-42(46)36-34-32-30-28-26-24-21-18-16-14-12-10-8-6-4-2/h40-41,45H,3-39,43H2,1-2H3,(H,44,46)(H,47,48). The van der Waals surface area contributed by atoms with Crippen LogP contribution in [0.4, 0.5) is 0 Å². The Bertz CT molecular complexity index is 774. The summed E-state index contributed by atoms with van der Waals surface area (Å²) in [5.41, 5.74) is 5.38. The summed E-state index contributed by atoms with van der Waals surface area (Å²) in [4.78, 5) is 22.7. The van der Waals surface area contributed by atoms with E-state index in [9.17, 15) is 19.4 Å². The van der Waals surface area contributed by atoms with E-state index in [4.69, 9.17) is 14.8 Å². The van der Waals surface area contributed by atoms with E-state index in [1.54, 1.807) is 0 Å². The minimum absolute atomic E-state index is 0.0925. The molecule has 0 rings (SSSR count). The molecular weight excluding hydrogens is 659 g/mol. The molecule has 0 fully saturated rings. The molecule has 0 saturated carbocycles. The predicted octanol–water partition coefficient (Wildman–Crippen LogP) is 12.2. The van der Waals surface area contributed by atoms with Crippen LogP contribution >= 0.6 is 7.82 Å². The van der Waals surface area contributed by atoms with Crippen molar-refractivity contribution < 1.29 is 28.4 Å². The number of carbonyl (C=O) groups excluding carboxylic acids is 1. The third-order valence-electron chi connectivity index (χ3n) is 10.2. The first kappa shape index (κ1) is 50.5. The average Bonchev–Trinajstić information content (AvgIpc) is 3.12. The highest BCUT2D eigenvalue weighted by molar-refractivity contribution is 7.47. The van der Waals surface area contributed by atoms with Gasteiger partial charge in [-0.25, -0.2) is 4.57 Å². The summed E-state index contributed by atoms with van der Waals surface area (Å²) in [5, 5.41) is 13.8. The smallest absolute Gasteiger partial charge is 0.391 e. The number of amides is 1. The number of unbranched alkanes of at least 4 members (excludes halogenated alkanes) is 30. The van der Waals surface area contributed by atoms with Crippen molar-refractivity contribution in [3.63, 3.8) is 0 Å². The van der Waals surface area contributed by atoms with E-state index >= 15 is 0 Å². The van der Waals surface area contributed by atoms with E-state index in [0.29, 0.717) is 12.8 Å². The average molecular weight is 747 g/mol. The number of aliphatic hydroxyl groups is 1. The molecule has 0 aromatic carbocycles. The molecule has 3 atom stereocenters. The van der Waals surface area contributed by atoms with Gasteiger partial charge in [0, 0.05) is 13.0 Å². The molecule has 0 aliphatic rings. The number of carbonyl (C=O) groups is 1. The van der Waals surface area contributed by atoms with Crippen molar-refractivity contribution >= 4 is 13.7 Å². The van der Waals surface area contributed by atoms with Crippen molar-refractivity contribution in [2.75, 3.05) is 19.8 Å². The molecule has 0 saturated heterocycles. The molecule has 8 nitrogen and oxygen atoms in total. The van der Waals surface area contributed by atoms with E-state index in [-0.39, 0.29) is 25.7 Å². The molecule has 0 aromatic heterocycles. The monoisotopic (exact) mass is 747 g/mol. The maximum absolute atomic E-state index is 12.8. The highest BCUT2D eigenvalue weighted by atomic mass is 31.2. The minimum Gasteiger partial charge on any atom is -0.391 e. The van der Waals surface area contributed by atoms with Crippen LogP contribution in [0.3, 0.4) is 0 Å². The fraction of sp³-hybridized carbons (Fsp3) is 0.976. The summed E-state index contributed by atoms with van der Waals surface area (Å²) in [6, 6.07) is -0.767. The number of phosphoric ester groups is 1. The Morgan fingerprint density at radius 2 is 0.902 bits per heavy atom. The quantitative estimate of drug-likeness (QED) is 0.0361. The Morgan fingerprint density at radius 3 is 1.25 bits per heavy atom. The van der Waals surface area contributed by atoms with Crippen LogP contribution in [0.5, 0.6) is 0 Å². The van der Waals surface area contributed by atoms with Gasteiger partial charge in [0.1, 0.15) is 0 Å². The Kier molecular flexibility index (Phi) is 38.8. The zero-order chi connectivity index (χ0) is 37.5. The molecule has 0 aliphatic carbocycles. The molecule has 5 N–H and O–H groups in total. The highest BCUT2D eigenvalue weighted by Crippen LogP contribution is 2.43. The van der Waals surface area contributed by atoms with Gasteiger partial charge >= 0.3 is 7.82 Å². The zero-order valence-electron chi connectivity index (χ0n) is 33.9. The number of nitrogens with two attached hydrogens (primary N) is 1. The summed E-state index contributed by atoms with van der Waals surface area (Å²) in [7, 11) is -4.31. The minimum atomic E-state index is -4.31. The van der Waals surface area contributed by atoms with E-state index in [2.05, 4.69) is 19.2 Å². The molecule has 9 heteroatoms. The lowest BCUT2D eigenvalue weighted by atomic mass is 10.0. The fourth-order valence-corrected chi connectivity index (χ4v) is 7.60. The lowest BCUT2D eigenvalue weighted by Gasteiger charge is -2.25. The van der Waals surface area contributed by atoms with Gasteiger partial charge in [0.25, 0.3) is 0 Å². The first-order valence-corrected chi connectivity index (χ1v) is 23.6. The van der Waals surface area contributed by atoms with Crippen molar-refractivity contribution in [2.24, 2.45) is 5.73 Å². The van der Waals surface area contributed by atoms with Gasteiger partial charge in [-0.15, -0.1) is 0 Å². The third kappa shape index (κ3) is 37.6. The second-order valence-corrected chi connectivity index (χ2v) is 16.7. The maximum Gasteiger partial charge on any atom is 0.472 e. The second kappa shape index (κ2) is 39.2. The Hall–Kier alpha value is -0.500. The van der Waals surface area contributed by atoms with Crippen LogP contribution in [-0.2, 0) is 18.4 Å². The molecule has 1 amide bonds. The number of nitrogens with one attached hydrogen (secondary N) is 1. The molecule has 306 valence electrons. The topological polar surface area (TPSA) is 131 Å². The van der Waals surface area contributed by atoms with Gasteiger partial charge in [0.2, 0.25) is 5.91 Å². The van der Waals surface area contributed by atoms with Crippen LogP contribution in [0.1, 0.15) is 232 Å². The van der Waals surface area contributed by atoms with Crippen molar-refractivity contribution in [1.82, 2.24) is 5.32 Å². The van der Waals surface area contributed by atoms with Gasteiger partial charge in [-0.1, -0.05) is 213 Å². The largest absolute Gasteiger partial charge is 0.472 e. The lowest BCUT2D eigenvalue weighted by molar-refractivity contribution is -0.123. The summed E-state index contributed by atoms with van der Waals surface area (Å²) >= 11 is 0. The Morgan fingerprint density at radius 1 is 0.569 bits per heavy atom. The van der Waals surface area contributed by atoms with E-state index in [1.807, 2.05) is 0 Å². The molecule has 0 aliphatic heterocycles. The maximum atomic E-state index is 12.8. The number of hydrogen-bond acceptors (Lipinski definition) is 6.